The molecule has 2 heterocycles. The van der Waals surface area contributed by atoms with Gasteiger partial charge in [-0.15, -0.1) is 0 Å². The van der Waals surface area contributed by atoms with Gasteiger partial charge in [-0.2, -0.15) is 5.10 Å². The number of benzene rings is 2. The van der Waals surface area contributed by atoms with Crippen molar-refractivity contribution in [1.29, 1.82) is 0 Å². The molecule has 0 saturated heterocycles. The third kappa shape index (κ3) is 4.23. The van der Waals surface area contributed by atoms with Crippen LogP contribution in [0.1, 0.15) is 15.9 Å². The fourth-order valence-corrected chi connectivity index (χ4v) is 4.29. The van der Waals surface area contributed by atoms with Crippen LogP contribution in [0.3, 0.4) is 0 Å². The molecule has 9 heteroatoms. The van der Waals surface area contributed by atoms with Crippen molar-refractivity contribution in [3.63, 3.8) is 0 Å². The van der Waals surface area contributed by atoms with Crippen LogP contribution in [-0.4, -0.2) is 36.1 Å². The first-order chi connectivity index (χ1) is 15.4. The van der Waals surface area contributed by atoms with Crippen molar-refractivity contribution in [3.05, 3.63) is 96.4 Å². The van der Waals surface area contributed by atoms with Crippen LogP contribution in [0.4, 0.5) is 11.4 Å². The minimum atomic E-state index is -3.71. The molecule has 8 nitrogen and oxygen atoms in total. The highest BCUT2D eigenvalue weighted by atomic mass is 32.2. The summed E-state index contributed by atoms with van der Waals surface area (Å²) < 4.78 is 28.5. The van der Waals surface area contributed by atoms with Gasteiger partial charge in [0.15, 0.2) is 5.82 Å². The number of anilines is 2. The second-order valence-electron chi connectivity index (χ2n) is 7.11. The number of hydrogen-bond donors (Lipinski definition) is 1. The average molecular weight is 448 g/mol. The summed E-state index contributed by atoms with van der Waals surface area (Å²) in [4.78, 5) is 17.2. The van der Waals surface area contributed by atoms with Crippen LogP contribution in [0.15, 0.2) is 90.2 Å². The standard InChI is InChI=1S/C23H21N5O3S/c1-17-6-12-20(13-7-17)32(30,31)27(2)19-10-8-18(9-11-19)23(29)26-21-5-3-14-24-22(21)28-16-4-15-25-28/h3-16H,1-2H3,(H,26,29). The first-order valence-electron chi connectivity index (χ1n) is 9.78. The third-order valence-electron chi connectivity index (χ3n) is 4.93. The number of carbonyl (C=O) groups is 1. The van der Waals surface area contributed by atoms with Crippen LogP contribution < -0.4 is 9.62 Å². The lowest BCUT2D eigenvalue weighted by molar-refractivity contribution is 0.102. The first-order valence-corrected chi connectivity index (χ1v) is 11.2. The molecule has 1 N–H and O–H groups in total. The number of nitrogens with zero attached hydrogens (tertiary/aromatic N) is 4. The number of amides is 1. The molecule has 4 aromatic rings. The van der Waals surface area contributed by atoms with E-state index in [9.17, 15) is 13.2 Å². The van der Waals surface area contributed by atoms with Crippen LogP contribution in [-0.2, 0) is 10.0 Å². The van der Waals surface area contributed by atoms with E-state index in [0.29, 0.717) is 22.8 Å². The molecule has 0 aliphatic heterocycles. The molecule has 162 valence electrons. The Morgan fingerprint density at radius 3 is 2.34 bits per heavy atom. The van der Waals surface area contributed by atoms with Crippen LogP contribution in [0.5, 0.6) is 0 Å². The summed E-state index contributed by atoms with van der Waals surface area (Å²) in [6, 6.07) is 18.2. The fourth-order valence-electron chi connectivity index (χ4n) is 3.10. The molecule has 0 atom stereocenters. The second kappa shape index (κ2) is 8.64. The van der Waals surface area contributed by atoms with Gasteiger partial charge in [-0.1, -0.05) is 17.7 Å². The molecule has 0 radical (unpaired) electrons. The lowest BCUT2D eigenvalue weighted by atomic mass is 10.2. The van der Waals surface area contributed by atoms with Crippen molar-refractivity contribution in [2.75, 3.05) is 16.7 Å². The van der Waals surface area contributed by atoms with E-state index in [0.717, 1.165) is 5.56 Å². The predicted octanol–water partition coefficient (Wildman–Crippen LogP) is 3.65. The van der Waals surface area contributed by atoms with Crippen LogP contribution in [0.2, 0.25) is 0 Å². The summed E-state index contributed by atoms with van der Waals surface area (Å²) in [6.45, 7) is 1.90. The highest BCUT2D eigenvalue weighted by Crippen LogP contribution is 2.23. The van der Waals surface area contributed by atoms with Crippen molar-refractivity contribution in [2.45, 2.75) is 11.8 Å². The summed E-state index contributed by atoms with van der Waals surface area (Å²) >= 11 is 0. The van der Waals surface area contributed by atoms with Crippen LogP contribution in [0, 0.1) is 6.92 Å². The number of aromatic nitrogens is 3. The molecule has 0 saturated carbocycles. The Bertz CT molecular complexity index is 1330. The van der Waals surface area contributed by atoms with Gasteiger partial charge in [-0.3, -0.25) is 9.10 Å². The summed E-state index contributed by atoms with van der Waals surface area (Å²) in [5.41, 5.74) is 2.31. The van der Waals surface area contributed by atoms with Gasteiger partial charge in [-0.25, -0.2) is 18.1 Å². The van der Waals surface area contributed by atoms with Crippen LogP contribution in [0.25, 0.3) is 5.82 Å². The number of pyridine rings is 1. The summed E-state index contributed by atoms with van der Waals surface area (Å²) in [7, 11) is -2.22. The van der Waals surface area contributed by atoms with E-state index in [4.69, 9.17) is 0 Å². The highest BCUT2D eigenvalue weighted by Gasteiger charge is 2.21. The van der Waals surface area contributed by atoms with Gasteiger partial charge in [0.2, 0.25) is 0 Å². The summed E-state index contributed by atoms with van der Waals surface area (Å²) in [6.07, 6.45) is 4.98. The molecular weight excluding hydrogens is 426 g/mol. The fraction of sp³-hybridized carbons (Fsp3) is 0.0870. The zero-order valence-electron chi connectivity index (χ0n) is 17.5. The minimum Gasteiger partial charge on any atom is -0.319 e. The van der Waals surface area contributed by atoms with E-state index < -0.39 is 10.0 Å². The van der Waals surface area contributed by atoms with Crippen molar-refractivity contribution in [3.8, 4) is 5.82 Å². The van der Waals surface area contributed by atoms with Crippen molar-refractivity contribution < 1.29 is 13.2 Å². The Balaban J connectivity index is 1.53. The Morgan fingerprint density at radius 2 is 1.69 bits per heavy atom. The highest BCUT2D eigenvalue weighted by molar-refractivity contribution is 7.92. The molecular formula is C23H21N5O3S. The van der Waals surface area contributed by atoms with Crippen LogP contribution >= 0.6 is 0 Å². The zero-order valence-corrected chi connectivity index (χ0v) is 18.3. The minimum absolute atomic E-state index is 0.204. The van der Waals surface area contributed by atoms with Crippen molar-refractivity contribution >= 4 is 27.3 Å². The third-order valence-corrected chi connectivity index (χ3v) is 6.73. The summed E-state index contributed by atoms with van der Waals surface area (Å²) in [5.74, 6) is 0.147. The number of carbonyl (C=O) groups excluding carboxylic acids is 1. The molecule has 1 amide bonds. The molecule has 2 aromatic heterocycles. The Labute approximate surface area is 186 Å². The number of nitrogens with one attached hydrogen (secondary N) is 1. The molecule has 0 aliphatic carbocycles. The average Bonchev–Trinajstić information content (AvgIpc) is 3.34. The Hall–Kier alpha value is -3.98. The molecule has 0 fully saturated rings. The van der Waals surface area contributed by atoms with E-state index in [1.54, 1.807) is 90.0 Å². The molecule has 0 bridgehead atoms. The quantitative estimate of drug-likeness (QED) is 0.487. The van der Waals surface area contributed by atoms with E-state index >= 15 is 0 Å². The lowest BCUT2D eigenvalue weighted by Gasteiger charge is -2.20. The second-order valence-corrected chi connectivity index (χ2v) is 9.08. The van der Waals surface area contributed by atoms with Gasteiger partial charge < -0.3 is 5.32 Å². The molecule has 32 heavy (non-hydrogen) atoms. The SMILES string of the molecule is Cc1ccc(S(=O)(=O)N(C)c2ccc(C(=O)Nc3cccnc3-n3cccn3)cc2)cc1. The number of aryl methyl sites for hydroxylation is 1. The Morgan fingerprint density at radius 1 is 0.969 bits per heavy atom. The topological polar surface area (TPSA) is 97.2 Å². The van der Waals surface area contributed by atoms with E-state index in [-0.39, 0.29) is 10.8 Å². The lowest BCUT2D eigenvalue weighted by Crippen LogP contribution is -2.26. The van der Waals surface area contributed by atoms with Gasteiger partial charge in [0.1, 0.15) is 0 Å². The van der Waals surface area contributed by atoms with Crippen molar-refractivity contribution in [1.82, 2.24) is 14.8 Å². The van der Waals surface area contributed by atoms with Gasteiger partial charge >= 0.3 is 0 Å². The maximum absolute atomic E-state index is 12.9. The van der Waals surface area contributed by atoms with E-state index in [1.165, 1.54) is 11.4 Å². The molecule has 0 aliphatic rings. The van der Waals surface area contributed by atoms with E-state index in [1.807, 2.05) is 6.92 Å². The van der Waals surface area contributed by atoms with Gasteiger partial charge in [0, 0.05) is 31.2 Å². The maximum atomic E-state index is 12.9. The number of hydrogen-bond acceptors (Lipinski definition) is 5. The van der Waals surface area contributed by atoms with Gasteiger partial charge in [0.05, 0.1) is 16.3 Å². The largest absolute Gasteiger partial charge is 0.319 e. The smallest absolute Gasteiger partial charge is 0.264 e. The molecule has 0 spiro atoms. The monoisotopic (exact) mass is 447 g/mol. The maximum Gasteiger partial charge on any atom is 0.264 e. The molecule has 4 rings (SSSR count). The molecule has 0 unspecified atom stereocenters. The number of rotatable bonds is 6. The van der Waals surface area contributed by atoms with E-state index in [2.05, 4.69) is 15.4 Å². The normalized spacial score (nSPS) is 11.2. The predicted molar refractivity (Wildman–Crippen MR) is 123 cm³/mol. The van der Waals surface area contributed by atoms with Gasteiger partial charge in [-0.05, 0) is 61.5 Å². The molecule has 2 aromatic carbocycles. The Kier molecular flexibility index (Phi) is 5.74. The van der Waals surface area contributed by atoms with Crippen molar-refractivity contribution in [2.24, 2.45) is 0 Å². The first kappa shape index (κ1) is 21.3. The number of sulfonamides is 1. The zero-order chi connectivity index (χ0) is 22.7. The van der Waals surface area contributed by atoms with Gasteiger partial charge in [0.25, 0.3) is 15.9 Å². The summed E-state index contributed by atoms with van der Waals surface area (Å²) in [5, 5.41) is 6.98.